The summed E-state index contributed by atoms with van der Waals surface area (Å²) in [6.45, 7) is 7.90. The smallest absolute Gasteiger partial charge is 0.254 e. The normalized spacial score (nSPS) is 19.4. The summed E-state index contributed by atoms with van der Waals surface area (Å²) in [5.74, 6) is 1.93. The van der Waals surface area contributed by atoms with Gasteiger partial charge in [-0.25, -0.2) is 4.98 Å². The van der Waals surface area contributed by atoms with Gasteiger partial charge in [-0.1, -0.05) is 6.42 Å². The molecule has 0 spiro atoms. The quantitative estimate of drug-likeness (QED) is 0.851. The van der Waals surface area contributed by atoms with Crippen LogP contribution in [0.25, 0.3) is 5.78 Å². The van der Waals surface area contributed by atoms with Crippen LogP contribution in [0.3, 0.4) is 0 Å². The number of aromatic nitrogens is 4. The van der Waals surface area contributed by atoms with Crippen LogP contribution in [0.5, 0.6) is 0 Å². The molecule has 0 radical (unpaired) electrons. The van der Waals surface area contributed by atoms with Crippen molar-refractivity contribution in [2.24, 2.45) is 0 Å². The van der Waals surface area contributed by atoms with Gasteiger partial charge in [-0.2, -0.15) is 14.6 Å². The summed E-state index contributed by atoms with van der Waals surface area (Å²) in [6, 6.07) is 0. The first-order valence-corrected chi connectivity index (χ1v) is 7.99. The second kappa shape index (κ2) is 5.26. The van der Waals surface area contributed by atoms with Gasteiger partial charge in [-0.15, -0.1) is 0 Å². The van der Waals surface area contributed by atoms with E-state index in [1.54, 1.807) is 6.33 Å². The number of fused-ring (bicyclic) bond motifs is 3. The first kappa shape index (κ1) is 13.0. The van der Waals surface area contributed by atoms with E-state index in [1.165, 1.54) is 43.7 Å². The highest BCUT2D eigenvalue weighted by Crippen LogP contribution is 2.29. The Bertz CT molecular complexity index is 643. The highest BCUT2D eigenvalue weighted by atomic mass is 15.4. The molecule has 6 heteroatoms. The van der Waals surface area contributed by atoms with Gasteiger partial charge in [0.25, 0.3) is 5.78 Å². The van der Waals surface area contributed by atoms with E-state index in [4.69, 9.17) is 0 Å². The van der Waals surface area contributed by atoms with Crippen LogP contribution in [0.15, 0.2) is 6.33 Å². The van der Waals surface area contributed by atoms with Gasteiger partial charge in [-0.3, -0.25) is 0 Å². The molecule has 0 unspecified atom stereocenters. The van der Waals surface area contributed by atoms with E-state index in [0.717, 1.165) is 37.5 Å². The van der Waals surface area contributed by atoms with Crippen LogP contribution in [0.1, 0.15) is 30.5 Å². The molecule has 0 saturated carbocycles. The SMILES string of the molecule is Cc1nc2ncnn2c2c1CCN2CCN1CCCCC1. The maximum atomic E-state index is 4.54. The lowest BCUT2D eigenvalue weighted by Gasteiger charge is -2.29. The first-order chi connectivity index (χ1) is 10.3. The van der Waals surface area contributed by atoms with Crippen molar-refractivity contribution in [2.45, 2.75) is 32.6 Å². The van der Waals surface area contributed by atoms with Gasteiger partial charge in [0.2, 0.25) is 0 Å². The molecular weight excluding hydrogens is 264 g/mol. The molecule has 0 aromatic carbocycles. The number of aryl methyl sites for hydroxylation is 1. The molecule has 0 amide bonds. The largest absolute Gasteiger partial charge is 0.355 e. The lowest BCUT2D eigenvalue weighted by atomic mass is 10.1. The maximum absolute atomic E-state index is 4.54. The van der Waals surface area contributed by atoms with Gasteiger partial charge >= 0.3 is 0 Å². The van der Waals surface area contributed by atoms with Crippen LogP contribution in [-0.2, 0) is 6.42 Å². The van der Waals surface area contributed by atoms with Crippen LogP contribution < -0.4 is 4.90 Å². The van der Waals surface area contributed by atoms with E-state index in [1.807, 2.05) is 4.52 Å². The topological polar surface area (TPSA) is 49.6 Å². The van der Waals surface area contributed by atoms with E-state index >= 15 is 0 Å². The second-order valence-electron chi connectivity index (χ2n) is 6.11. The summed E-state index contributed by atoms with van der Waals surface area (Å²) >= 11 is 0. The average Bonchev–Trinajstić information content (AvgIpc) is 3.12. The van der Waals surface area contributed by atoms with Gasteiger partial charge in [0.15, 0.2) is 0 Å². The molecule has 2 aromatic rings. The molecule has 4 rings (SSSR count). The number of likely N-dealkylation sites (tertiary alicyclic amines) is 1. The molecule has 1 fully saturated rings. The standard InChI is InChI=1S/C15H22N6/c1-12-13-5-8-20(10-9-19-6-3-2-4-7-19)14(13)21-15(18-12)16-11-17-21/h11H,2-10H2,1H3. The fraction of sp³-hybridized carbons (Fsp3) is 0.667. The summed E-state index contributed by atoms with van der Waals surface area (Å²) in [7, 11) is 0. The van der Waals surface area contributed by atoms with E-state index in [-0.39, 0.29) is 0 Å². The van der Waals surface area contributed by atoms with Crippen LogP contribution in [0.4, 0.5) is 5.82 Å². The molecular formula is C15H22N6. The fourth-order valence-corrected chi connectivity index (χ4v) is 3.60. The molecule has 2 aromatic heterocycles. The van der Waals surface area contributed by atoms with Crippen molar-refractivity contribution in [1.82, 2.24) is 24.5 Å². The first-order valence-electron chi connectivity index (χ1n) is 7.99. The van der Waals surface area contributed by atoms with Crippen LogP contribution in [-0.4, -0.2) is 57.2 Å². The maximum Gasteiger partial charge on any atom is 0.254 e. The van der Waals surface area contributed by atoms with Crippen molar-refractivity contribution in [3.05, 3.63) is 17.6 Å². The molecule has 6 nitrogen and oxygen atoms in total. The van der Waals surface area contributed by atoms with Crippen molar-refractivity contribution >= 4 is 11.6 Å². The molecule has 21 heavy (non-hydrogen) atoms. The van der Waals surface area contributed by atoms with Crippen molar-refractivity contribution in [3.63, 3.8) is 0 Å². The predicted octanol–water partition coefficient (Wildman–Crippen LogP) is 1.28. The van der Waals surface area contributed by atoms with Crippen molar-refractivity contribution < 1.29 is 0 Å². The number of anilines is 1. The zero-order valence-electron chi connectivity index (χ0n) is 12.6. The summed E-state index contributed by atoms with van der Waals surface area (Å²) in [4.78, 5) is 13.8. The minimum Gasteiger partial charge on any atom is -0.355 e. The van der Waals surface area contributed by atoms with Crippen molar-refractivity contribution in [2.75, 3.05) is 37.6 Å². The monoisotopic (exact) mass is 286 g/mol. The number of nitrogens with zero attached hydrogens (tertiary/aromatic N) is 6. The molecule has 0 N–H and O–H groups in total. The number of hydrogen-bond acceptors (Lipinski definition) is 5. The molecule has 2 aliphatic heterocycles. The van der Waals surface area contributed by atoms with E-state index in [9.17, 15) is 0 Å². The molecule has 0 aliphatic carbocycles. The lowest BCUT2D eigenvalue weighted by molar-refractivity contribution is 0.233. The Morgan fingerprint density at radius 2 is 1.95 bits per heavy atom. The number of hydrogen-bond donors (Lipinski definition) is 0. The second-order valence-corrected chi connectivity index (χ2v) is 6.11. The Morgan fingerprint density at radius 1 is 1.10 bits per heavy atom. The Kier molecular flexibility index (Phi) is 3.25. The van der Waals surface area contributed by atoms with Gasteiger partial charge in [0.1, 0.15) is 12.1 Å². The van der Waals surface area contributed by atoms with Crippen LogP contribution in [0.2, 0.25) is 0 Å². The van der Waals surface area contributed by atoms with Crippen LogP contribution >= 0.6 is 0 Å². The van der Waals surface area contributed by atoms with Gasteiger partial charge in [-0.05, 0) is 39.3 Å². The average molecular weight is 286 g/mol. The third kappa shape index (κ3) is 2.27. The molecule has 4 heterocycles. The molecule has 2 aliphatic rings. The van der Waals surface area contributed by atoms with Crippen molar-refractivity contribution in [1.29, 1.82) is 0 Å². The predicted molar refractivity (Wildman–Crippen MR) is 81.7 cm³/mol. The molecule has 0 bridgehead atoms. The van der Waals surface area contributed by atoms with Gasteiger partial charge in [0, 0.05) is 30.9 Å². The Hall–Kier alpha value is -1.69. The van der Waals surface area contributed by atoms with E-state index < -0.39 is 0 Å². The number of rotatable bonds is 3. The highest BCUT2D eigenvalue weighted by molar-refractivity contribution is 5.58. The summed E-state index contributed by atoms with van der Waals surface area (Å²) in [5.41, 5.74) is 2.44. The third-order valence-corrected chi connectivity index (χ3v) is 4.77. The van der Waals surface area contributed by atoms with Gasteiger partial charge in [0.05, 0.1) is 0 Å². The van der Waals surface area contributed by atoms with Crippen LogP contribution in [0, 0.1) is 6.92 Å². The Morgan fingerprint density at radius 3 is 2.81 bits per heavy atom. The summed E-state index contributed by atoms with van der Waals surface area (Å²) in [6.07, 6.45) is 6.78. The molecule has 112 valence electrons. The zero-order valence-corrected chi connectivity index (χ0v) is 12.6. The fourth-order valence-electron chi connectivity index (χ4n) is 3.60. The molecule has 0 atom stereocenters. The van der Waals surface area contributed by atoms with E-state index in [0.29, 0.717) is 0 Å². The minimum absolute atomic E-state index is 0.719. The van der Waals surface area contributed by atoms with E-state index in [2.05, 4.69) is 31.8 Å². The molecule has 1 saturated heterocycles. The third-order valence-electron chi connectivity index (χ3n) is 4.77. The minimum atomic E-state index is 0.719. The Labute approximate surface area is 124 Å². The highest BCUT2D eigenvalue weighted by Gasteiger charge is 2.26. The summed E-state index contributed by atoms with van der Waals surface area (Å²) < 4.78 is 1.91. The lowest BCUT2D eigenvalue weighted by Crippen LogP contribution is -2.37. The van der Waals surface area contributed by atoms with Crippen molar-refractivity contribution in [3.8, 4) is 0 Å². The number of piperidine rings is 1. The Balaban J connectivity index is 1.57. The summed E-state index contributed by atoms with van der Waals surface area (Å²) in [5, 5.41) is 4.36. The zero-order chi connectivity index (χ0) is 14.2. The van der Waals surface area contributed by atoms with Gasteiger partial charge < -0.3 is 9.80 Å².